The van der Waals surface area contributed by atoms with Gasteiger partial charge >= 0.3 is 0 Å². The van der Waals surface area contributed by atoms with E-state index < -0.39 is 0 Å². The highest BCUT2D eigenvalue weighted by molar-refractivity contribution is 7.16. The monoisotopic (exact) mass is 236 g/mol. The first-order valence-corrected chi connectivity index (χ1v) is 6.14. The minimum absolute atomic E-state index is 0.242. The van der Waals surface area contributed by atoms with Gasteiger partial charge in [0.15, 0.2) is 0 Å². The summed E-state index contributed by atoms with van der Waals surface area (Å²) in [6.45, 7) is 4.24. The predicted octanol–water partition coefficient (Wildman–Crippen LogP) is 4.60. The van der Waals surface area contributed by atoms with E-state index in [1.54, 1.807) is 11.3 Å². The van der Waals surface area contributed by atoms with Crippen molar-refractivity contribution >= 4 is 34.5 Å². The summed E-state index contributed by atoms with van der Waals surface area (Å²) < 4.78 is 0.868. The van der Waals surface area contributed by atoms with Crippen LogP contribution in [-0.4, -0.2) is 5.38 Å². The first-order chi connectivity index (χ1) is 6.13. The lowest BCUT2D eigenvalue weighted by atomic mass is 9.98. The van der Waals surface area contributed by atoms with Crippen molar-refractivity contribution in [3.63, 3.8) is 0 Å². The molecule has 3 heteroatoms. The number of thiophene rings is 1. The molecule has 0 fully saturated rings. The lowest BCUT2D eigenvalue weighted by Crippen LogP contribution is -2.12. The van der Waals surface area contributed by atoms with Crippen LogP contribution in [0.4, 0.5) is 0 Å². The number of hydrogen-bond donors (Lipinski definition) is 0. The van der Waals surface area contributed by atoms with Gasteiger partial charge in [0, 0.05) is 10.3 Å². The number of rotatable bonds is 4. The van der Waals surface area contributed by atoms with Gasteiger partial charge in [-0.1, -0.05) is 24.9 Å². The molecule has 0 aliphatic rings. The standard InChI is InChI=1S/C10H14Cl2S/c1-3-8(7(2)11)6-9-4-5-10(12)13-9/h4-5,7-8H,3,6H2,1-2H3. The summed E-state index contributed by atoms with van der Waals surface area (Å²) >= 11 is 13.6. The first kappa shape index (κ1) is 11.4. The number of halogens is 2. The van der Waals surface area contributed by atoms with E-state index in [9.17, 15) is 0 Å². The third kappa shape index (κ3) is 3.49. The Hall–Kier alpha value is 0.280. The van der Waals surface area contributed by atoms with E-state index in [4.69, 9.17) is 23.2 Å². The van der Waals surface area contributed by atoms with Crippen LogP contribution in [0, 0.1) is 5.92 Å². The van der Waals surface area contributed by atoms with Crippen LogP contribution < -0.4 is 0 Å². The first-order valence-electron chi connectivity index (χ1n) is 4.51. The van der Waals surface area contributed by atoms with Gasteiger partial charge in [0.25, 0.3) is 0 Å². The van der Waals surface area contributed by atoms with E-state index in [0.29, 0.717) is 5.92 Å². The zero-order valence-electron chi connectivity index (χ0n) is 7.89. The molecule has 1 rings (SSSR count). The van der Waals surface area contributed by atoms with E-state index in [1.807, 2.05) is 6.07 Å². The minimum atomic E-state index is 0.242. The quantitative estimate of drug-likeness (QED) is 0.671. The van der Waals surface area contributed by atoms with Crippen LogP contribution >= 0.6 is 34.5 Å². The summed E-state index contributed by atoms with van der Waals surface area (Å²) in [4.78, 5) is 1.34. The molecule has 0 saturated carbocycles. The smallest absolute Gasteiger partial charge is 0.0931 e. The summed E-state index contributed by atoms with van der Waals surface area (Å²) in [5, 5.41) is 0.242. The fraction of sp³-hybridized carbons (Fsp3) is 0.600. The molecule has 0 nitrogen and oxygen atoms in total. The Labute approximate surface area is 93.9 Å². The van der Waals surface area contributed by atoms with E-state index >= 15 is 0 Å². The number of alkyl halides is 1. The van der Waals surface area contributed by atoms with Gasteiger partial charge in [0.1, 0.15) is 0 Å². The summed E-state index contributed by atoms with van der Waals surface area (Å²) in [5.41, 5.74) is 0. The van der Waals surface area contributed by atoms with Gasteiger partial charge in [-0.3, -0.25) is 0 Å². The van der Waals surface area contributed by atoms with E-state index in [2.05, 4.69) is 19.9 Å². The fourth-order valence-corrected chi connectivity index (χ4v) is 2.80. The zero-order valence-corrected chi connectivity index (χ0v) is 10.2. The highest BCUT2D eigenvalue weighted by Gasteiger charge is 2.14. The third-order valence-corrected chi connectivity index (χ3v) is 3.88. The Balaban J connectivity index is 2.56. The van der Waals surface area contributed by atoms with Gasteiger partial charge in [-0.25, -0.2) is 0 Å². The van der Waals surface area contributed by atoms with Gasteiger partial charge in [0.2, 0.25) is 0 Å². The Morgan fingerprint density at radius 3 is 2.54 bits per heavy atom. The average Bonchev–Trinajstić information content (AvgIpc) is 2.46. The van der Waals surface area contributed by atoms with Crippen LogP contribution in [0.3, 0.4) is 0 Å². The second kappa shape index (κ2) is 5.23. The van der Waals surface area contributed by atoms with Crippen molar-refractivity contribution in [1.29, 1.82) is 0 Å². The summed E-state index contributed by atoms with van der Waals surface area (Å²) in [6, 6.07) is 4.04. The lowest BCUT2D eigenvalue weighted by molar-refractivity contribution is 0.501. The molecule has 0 N–H and O–H groups in total. The SMILES string of the molecule is CCC(Cc1ccc(Cl)s1)C(C)Cl. The molecule has 0 aromatic carbocycles. The highest BCUT2D eigenvalue weighted by Crippen LogP contribution is 2.27. The van der Waals surface area contributed by atoms with Crippen LogP contribution in [-0.2, 0) is 6.42 Å². The molecule has 2 unspecified atom stereocenters. The molecule has 1 heterocycles. The normalized spacial score (nSPS) is 15.7. The molecule has 0 radical (unpaired) electrons. The number of hydrogen-bond acceptors (Lipinski definition) is 1. The zero-order chi connectivity index (χ0) is 9.84. The van der Waals surface area contributed by atoms with Crippen LogP contribution in [0.5, 0.6) is 0 Å². The molecular formula is C10H14Cl2S. The molecule has 74 valence electrons. The van der Waals surface area contributed by atoms with Crippen LogP contribution in [0.25, 0.3) is 0 Å². The molecule has 0 aliphatic carbocycles. The van der Waals surface area contributed by atoms with Crippen molar-refractivity contribution in [2.24, 2.45) is 5.92 Å². The molecule has 0 saturated heterocycles. The van der Waals surface area contributed by atoms with Crippen LogP contribution in [0.1, 0.15) is 25.1 Å². The fourth-order valence-electron chi connectivity index (χ4n) is 1.35. The maximum absolute atomic E-state index is 6.07. The van der Waals surface area contributed by atoms with Gasteiger partial charge in [-0.05, 0) is 31.4 Å². The maximum atomic E-state index is 6.07. The van der Waals surface area contributed by atoms with Crippen molar-refractivity contribution in [3.8, 4) is 0 Å². The Kier molecular flexibility index (Phi) is 4.57. The summed E-state index contributed by atoms with van der Waals surface area (Å²) in [7, 11) is 0. The predicted molar refractivity (Wildman–Crippen MR) is 62.1 cm³/mol. The van der Waals surface area contributed by atoms with Gasteiger partial charge in [0.05, 0.1) is 4.34 Å². The van der Waals surface area contributed by atoms with Crippen LogP contribution in [0.2, 0.25) is 4.34 Å². The van der Waals surface area contributed by atoms with Crippen LogP contribution in [0.15, 0.2) is 12.1 Å². The Morgan fingerprint density at radius 1 is 1.46 bits per heavy atom. The van der Waals surface area contributed by atoms with Crippen molar-refractivity contribution in [1.82, 2.24) is 0 Å². The molecule has 1 aromatic rings. The van der Waals surface area contributed by atoms with Gasteiger partial charge in [-0.15, -0.1) is 22.9 Å². The molecule has 0 spiro atoms. The molecule has 0 amide bonds. The summed E-state index contributed by atoms with van der Waals surface area (Å²) in [5.74, 6) is 0.566. The minimum Gasteiger partial charge on any atom is -0.128 e. The molecule has 1 aromatic heterocycles. The molecule has 0 bridgehead atoms. The van der Waals surface area contributed by atoms with E-state index in [-0.39, 0.29) is 5.38 Å². The van der Waals surface area contributed by atoms with E-state index in [0.717, 1.165) is 17.2 Å². The molecular weight excluding hydrogens is 223 g/mol. The van der Waals surface area contributed by atoms with Crippen molar-refractivity contribution in [2.75, 3.05) is 0 Å². The maximum Gasteiger partial charge on any atom is 0.0931 e. The third-order valence-electron chi connectivity index (χ3n) is 2.27. The van der Waals surface area contributed by atoms with Crippen molar-refractivity contribution < 1.29 is 0 Å². The second-order valence-corrected chi connectivity index (χ2v) is 5.74. The van der Waals surface area contributed by atoms with Crippen molar-refractivity contribution in [2.45, 2.75) is 32.1 Å². The lowest BCUT2D eigenvalue weighted by Gasteiger charge is -2.15. The molecule has 2 atom stereocenters. The van der Waals surface area contributed by atoms with Crippen molar-refractivity contribution in [3.05, 3.63) is 21.3 Å². The van der Waals surface area contributed by atoms with Gasteiger partial charge in [-0.2, -0.15) is 0 Å². The van der Waals surface area contributed by atoms with E-state index in [1.165, 1.54) is 4.88 Å². The average molecular weight is 237 g/mol. The molecule has 13 heavy (non-hydrogen) atoms. The highest BCUT2D eigenvalue weighted by atomic mass is 35.5. The topological polar surface area (TPSA) is 0 Å². The summed E-state index contributed by atoms with van der Waals surface area (Å²) in [6.07, 6.45) is 2.18. The van der Waals surface area contributed by atoms with Gasteiger partial charge < -0.3 is 0 Å². The second-order valence-electron chi connectivity index (χ2n) is 3.26. The largest absolute Gasteiger partial charge is 0.128 e. The molecule has 0 aliphatic heterocycles. The Morgan fingerprint density at radius 2 is 2.15 bits per heavy atom. The Bertz CT molecular complexity index is 255.